The Kier molecular flexibility index (Phi) is 6.15. The van der Waals surface area contributed by atoms with Gasteiger partial charge in [-0.3, -0.25) is 9.59 Å². The van der Waals surface area contributed by atoms with Crippen LogP contribution in [0, 0.1) is 6.92 Å². The number of nitrogens with zero attached hydrogens (tertiary/aromatic N) is 1. The van der Waals surface area contributed by atoms with Gasteiger partial charge in [-0.25, -0.2) is 0 Å². The molecule has 5 heteroatoms. The van der Waals surface area contributed by atoms with Crippen LogP contribution in [-0.2, 0) is 19.5 Å². The average molecular weight is 341 g/mol. The van der Waals surface area contributed by atoms with Crippen molar-refractivity contribution in [1.29, 1.82) is 0 Å². The second-order valence-corrected chi connectivity index (χ2v) is 6.63. The zero-order valence-corrected chi connectivity index (χ0v) is 15.7. The van der Waals surface area contributed by atoms with Gasteiger partial charge >= 0.3 is 0 Å². The molecular formula is C20H27N3O2. The van der Waals surface area contributed by atoms with Gasteiger partial charge in [-0.2, -0.15) is 0 Å². The van der Waals surface area contributed by atoms with Crippen LogP contribution in [0.3, 0.4) is 0 Å². The van der Waals surface area contributed by atoms with Gasteiger partial charge in [-0.15, -0.1) is 0 Å². The van der Waals surface area contributed by atoms with Crippen LogP contribution in [0.15, 0.2) is 24.3 Å². The maximum Gasteiger partial charge on any atom is 0.268 e. The first kappa shape index (κ1) is 18.9. The lowest BCUT2D eigenvalue weighted by Gasteiger charge is -2.10. The van der Waals surface area contributed by atoms with Gasteiger partial charge in [0.15, 0.2) is 5.78 Å². The number of amides is 1. The summed E-state index contributed by atoms with van der Waals surface area (Å²) in [7, 11) is 4.07. The third-order valence-electron chi connectivity index (χ3n) is 4.20. The molecule has 0 aliphatic heterocycles. The molecule has 0 radical (unpaired) electrons. The van der Waals surface area contributed by atoms with Crippen molar-refractivity contribution in [3.8, 4) is 0 Å². The van der Waals surface area contributed by atoms with Crippen LogP contribution in [0.1, 0.15) is 57.1 Å². The molecule has 0 atom stereocenters. The number of aryl methyl sites for hydroxylation is 1. The van der Waals surface area contributed by atoms with Crippen molar-refractivity contribution < 1.29 is 9.59 Å². The van der Waals surface area contributed by atoms with E-state index in [9.17, 15) is 9.59 Å². The number of carbonyl (C=O) groups excluding carboxylic acids is 2. The van der Waals surface area contributed by atoms with Gasteiger partial charge in [0.2, 0.25) is 0 Å². The number of hydrogen-bond donors (Lipinski definition) is 2. The minimum Gasteiger partial charge on any atom is -0.354 e. The molecule has 5 nitrogen and oxygen atoms in total. The highest BCUT2D eigenvalue weighted by Gasteiger charge is 2.21. The Hall–Kier alpha value is -2.40. The second-order valence-electron chi connectivity index (χ2n) is 6.63. The number of aromatic nitrogens is 1. The van der Waals surface area contributed by atoms with Gasteiger partial charge in [-0.1, -0.05) is 31.2 Å². The average Bonchev–Trinajstić information content (AvgIpc) is 2.90. The van der Waals surface area contributed by atoms with Crippen LogP contribution in [0.2, 0.25) is 0 Å². The summed E-state index contributed by atoms with van der Waals surface area (Å²) >= 11 is 0. The molecule has 0 unspecified atom stereocenters. The van der Waals surface area contributed by atoms with Crippen molar-refractivity contribution >= 4 is 11.7 Å². The van der Waals surface area contributed by atoms with E-state index in [2.05, 4.69) is 27.3 Å². The highest BCUT2D eigenvalue weighted by molar-refractivity contribution is 6.02. The largest absolute Gasteiger partial charge is 0.354 e. The number of ketones is 1. The van der Waals surface area contributed by atoms with Gasteiger partial charge in [0, 0.05) is 24.3 Å². The maximum absolute atomic E-state index is 12.5. The SMILES string of the molecule is CCc1c(C(=O)NCc2ccc(CN(C)C)cc2)[nH]c(C)c1C(C)=O. The molecule has 1 aromatic heterocycles. The maximum atomic E-state index is 12.5. The summed E-state index contributed by atoms with van der Waals surface area (Å²) in [5, 5.41) is 2.94. The number of rotatable bonds is 7. The fourth-order valence-corrected chi connectivity index (χ4v) is 3.10. The normalized spacial score (nSPS) is 11.0. The van der Waals surface area contributed by atoms with E-state index in [4.69, 9.17) is 0 Å². The molecule has 134 valence electrons. The number of carbonyl (C=O) groups is 2. The van der Waals surface area contributed by atoms with E-state index >= 15 is 0 Å². The lowest BCUT2D eigenvalue weighted by atomic mass is 10.0. The third-order valence-corrected chi connectivity index (χ3v) is 4.20. The second kappa shape index (κ2) is 8.12. The molecular weight excluding hydrogens is 314 g/mol. The lowest BCUT2D eigenvalue weighted by molar-refractivity contribution is 0.0945. The number of Topliss-reactive ketones (excluding diaryl/α,β-unsaturated/α-hetero) is 1. The standard InChI is InChI=1S/C20H27N3O2/c1-6-17-18(14(3)24)13(2)22-19(17)20(25)21-11-15-7-9-16(10-8-15)12-23(4)5/h7-10,22H,6,11-12H2,1-5H3,(H,21,25). The van der Waals surface area contributed by atoms with Crippen LogP contribution in [0.4, 0.5) is 0 Å². The van der Waals surface area contributed by atoms with Crippen molar-refractivity contribution in [3.63, 3.8) is 0 Å². The highest BCUT2D eigenvalue weighted by atomic mass is 16.2. The van der Waals surface area contributed by atoms with Gasteiger partial charge in [-0.05, 0) is 51.1 Å². The van der Waals surface area contributed by atoms with Crippen LogP contribution < -0.4 is 5.32 Å². The molecule has 0 saturated carbocycles. The fraction of sp³-hybridized carbons (Fsp3) is 0.400. The Labute approximate surface area is 149 Å². The molecule has 25 heavy (non-hydrogen) atoms. The van der Waals surface area contributed by atoms with Gasteiger partial charge in [0.25, 0.3) is 5.91 Å². The Morgan fingerprint density at radius 2 is 1.72 bits per heavy atom. The van der Waals surface area contributed by atoms with Crippen molar-refractivity contribution in [2.24, 2.45) is 0 Å². The summed E-state index contributed by atoms with van der Waals surface area (Å²) in [5.74, 6) is -0.189. The van der Waals surface area contributed by atoms with E-state index in [1.165, 1.54) is 12.5 Å². The summed E-state index contributed by atoms with van der Waals surface area (Å²) in [4.78, 5) is 29.5. The number of nitrogens with one attached hydrogen (secondary N) is 2. The van der Waals surface area contributed by atoms with Gasteiger partial charge < -0.3 is 15.2 Å². The lowest BCUT2D eigenvalue weighted by Crippen LogP contribution is -2.24. The first-order chi connectivity index (χ1) is 11.8. The molecule has 0 fully saturated rings. The Morgan fingerprint density at radius 3 is 2.24 bits per heavy atom. The summed E-state index contributed by atoms with van der Waals surface area (Å²) in [6.45, 7) is 6.66. The van der Waals surface area contributed by atoms with E-state index in [0.29, 0.717) is 24.2 Å². The van der Waals surface area contributed by atoms with E-state index in [1.54, 1.807) is 0 Å². The predicted octanol–water partition coefficient (Wildman–Crippen LogP) is 3.08. The quantitative estimate of drug-likeness (QED) is 0.761. The summed E-state index contributed by atoms with van der Waals surface area (Å²) in [5.41, 5.74) is 4.96. The van der Waals surface area contributed by atoms with E-state index < -0.39 is 0 Å². The summed E-state index contributed by atoms with van der Waals surface area (Å²) in [6.07, 6.45) is 0.640. The Morgan fingerprint density at radius 1 is 1.12 bits per heavy atom. The Bertz CT molecular complexity index is 758. The molecule has 1 amide bonds. The van der Waals surface area contributed by atoms with Crippen LogP contribution in [0.5, 0.6) is 0 Å². The van der Waals surface area contributed by atoms with Gasteiger partial charge in [0.1, 0.15) is 5.69 Å². The molecule has 0 spiro atoms. The Balaban J connectivity index is 2.08. The zero-order valence-electron chi connectivity index (χ0n) is 15.7. The van der Waals surface area contributed by atoms with E-state index in [0.717, 1.165) is 23.4 Å². The topological polar surface area (TPSA) is 65.2 Å². The number of aromatic amines is 1. The molecule has 2 N–H and O–H groups in total. The van der Waals surface area contributed by atoms with Gasteiger partial charge in [0.05, 0.1) is 0 Å². The number of benzene rings is 1. The molecule has 0 bridgehead atoms. The summed E-state index contributed by atoms with van der Waals surface area (Å²) in [6, 6.07) is 8.21. The van der Waals surface area contributed by atoms with Crippen molar-refractivity contribution in [1.82, 2.24) is 15.2 Å². The van der Waals surface area contributed by atoms with Crippen molar-refractivity contribution in [2.45, 2.75) is 40.3 Å². The predicted molar refractivity (Wildman–Crippen MR) is 99.9 cm³/mol. The fourth-order valence-electron chi connectivity index (χ4n) is 3.10. The van der Waals surface area contributed by atoms with E-state index in [-0.39, 0.29) is 11.7 Å². The first-order valence-electron chi connectivity index (χ1n) is 8.56. The molecule has 2 aromatic rings. The van der Waals surface area contributed by atoms with Crippen LogP contribution in [0.25, 0.3) is 0 Å². The molecule has 1 heterocycles. The molecule has 1 aromatic carbocycles. The monoisotopic (exact) mass is 341 g/mol. The van der Waals surface area contributed by atoms with Crippen molar-refractivity contribution in [2.75, 3.05) is 14.1 Å². The zero-order chi connectivity index (χ0) is 18.6. The van der Waals surface area contributed by atoms with Crippen LogP contribution >= 0.6 is 0 Å². The molecule has 0 aliphatic carbocycles. The number of H-pyrrole nitrogens is 1. The summed E-state index contributed by atoms with van der Waals surface area (Å²) < 4.78 is 0. The van der Waals surface area contributed by atoms with Crippen molar-refractivity contribution in [3.05, 3.63) is 57.9 Å². The highest BCUT2D eigenvalue weighted by Crippen LogP contribution is 2.20. The first-order valence-corrected chi connectivity index (χ1v) is 8.56. The smallest absolute Gasteiger partial charge is 0.268 e. The molecule has 2 rings (SSSR count). The minimum atomic E-state index is -0.176. The van der Waals surface area contributed by atoms with E-state index in [1.807, 2.05) is 40.1 Å². The minimum absolute atomic E-state index is 0.0128. The molecule has 0 aliphatic rings. The number of hydrogen-bond acceptors (Lipinski definition) is 3. The van der Waals surface area contributed by atoms with Crippen LogP contribution in [-0.4, -0.2) is 35.7 Å². The molecule has 0 saturated heterocycles. The third kappa shape index (κ3) is 4.57.